The lowest BCUT2D eigenvalue weighted by Crippen LogP contribution is -2.46. The first-order valence-electron chi connectivity index (χ1n) is 16.0. The smallest absolute Gasteiger partial charge is 0.00512 e. The second-order valence-electron chi connectivity index (χ2n) is 16.3. The molecule has 0 saturated heterocycles. The molecule has 0 atom stereocenters. The van der Waals surface area contributed by atoms with E-state index in [1.54, 1.807) is 11.1 Å². The largest absolute Gasteiger partial charge is 0.0646 e. The van der Waals surface area contributed by atoms with Crippen molar-refractivity contribution in [3.8, 4) is 22.3 Å². The first-order chi connectivity index (χ1) is 19.0. The summed E-state index contributed by atoms with van der Waals surface area (Å²) in [6.45, 7) is 13.8. The van der Waals surface area contributed by atoms with Crippen LogP contribution in [0.15, 0.2) is 66.2 Å². The van der Waals surface area contributed by atoms with Crippen LogP contribution in [0.3, 0.4) is 0 Å². The van der Waals surface area contributed by atoms with Crippen LogP contribution in [0.5, 0.6) is 0 Å². The summed E-state index contributed by atoms with van der Waals surface area (Å²) in [7, 11) is 0. The van der Waals surface area contributed by atoms with Crippen LogP contribution in [-0.4, -0.2) is 0 Å². The zero-order valence-electron chi connectivity index (χ0n) is 25.7. The van der Waals surface area contributed by atoms with Crippen LogP contribution in [-0.2, 0) is 17.3 Å². The van der Waals surface area contributed by atoms with Crippen LogP contribution in [0.4, 0.5) is 0 Å². The van der Waals surface area contributed by atoms with Crippen molar-refractivity contribution in [2.45, 2.75) is 104 Å². The molecule has 3 aromatic carbocycles. The molecule has 0 heterocycles. The van der Waals surface area contributed by atoms with Crippen molar-refractivity contribution in [2.75, 3.05) is 0 Å². The summed E-state index contributed by atoms with van der Waals surface area (Å²) in [6, 6.07) is 23.7. The van der Waals surface area contributed by atoms with Gasteiger partial charge in [0.1, 0.15) is 0 Å². The molecule has 0 N–H and O–H groups in total. The Morgan fingerprint density at radius 3 is 1.52 bits per heavy atom. The van der Waals surface area contributed by atoms with Gasteiger partial charge in [-0.1, -0.05) is 114 Å². The Hall–Kier alpha value is -2.60. The second kappa shape index (κ2) is 9.20. The maximum atomic E-state index is 2.63. The van der Waals surface area contributed by atoms with E-state index in [1.807, 2.05) is 0 Å². The third kappa shape index (κ3) is 4.70. The number of allylic oxidation sites excluding steroid dienone is 1. The maximum absolute atomic E-state index is 2.63. The van der Waals surface area contributed by atoms with E-state index in [-0.39, 0.29) is 10.8 Å². The van der Waals surface area contributed by atoms with Gasteiger partial charge in [0, 0.05) is 0 Å². The van der Waals surface area contributed by atoms with E-state index in [4.69, 9.17) is 0 Å². The molecule has 40 heavy (non-hydrogen) atoms. The average molecular weight is 529 g/mol. The fourth-order valence-electron chi connectivity index (χ4n) is 9.43. The van der Waals surface area contributed by atoms with Crippen LogP contribution in [0.2, 0.25) is 0 Å². The third-order valence-corrected chi connectivity index (χ3v) is 11.0. The molecule has 3 aromatic rings. The molecule has 0 unspecified atom stereocenters. The van der Waals surface area contributed by atoms with E-state index in [1.165, 1.54) is 83.9 Å². The first-order valence-corrected chi connectivity index (χ1v) is 16.0. The summed E-state index contributed by atoms with van der Waals surface area (Å²) in [5.41, 5.74) is 14.0. The van der Waals surface area contributed by atoms with Gasteiger partial charge in [0.2, 0.25) is 0 Å². The van der Waals surface area contributed by atoms with E-state index in [0.717, 1.165) is 24.2 Å². The molecular formula is C40H48. The monoisotopic (exact) mass is 528 g/mol. The Morgan fingerprint density at radius 1 is 0.600 bits per heavy atom. The van der Waals surface area contributed by atoms with Gasteiger partial charge in [0.15, 0.2) is 0 Å². The number of hydrogen-bond acceptors (Lipinski definition) is 0. The SMILES string of the molecule is CC(C)(C)c1ccc(-c2ccc(-c3ccc(C(C)(C)C)cc3)c3c2C=C(CC24CC5CC(CC(C5)C2)C4)C3)cc1. The van der Waals surface area contributed by atoms with Crippen molar-refractivity contribution in [3.05, 3.63) is 88.5 Å². The summed E-state index contributed by atoms with van der Waals surface area (Å²) in [4.78, 5) is 0. The second-order valence-corrected chi connectivity index (χ2v) is 16.3. The predicted molar refractivity (Wildman–Crippen MR) is 172 cm³/mol. The molecule has 0 amide bonds. The van der Waals surface area contributed by atoms with Crippen molar-refractivity contribution in [1.82, 2.24) is 0 Å². The topological polar surface area (TPSA) is 0 Å². The lowest BCUT2D eigenvalue weighted by atomic mass is 9.48. The van der Waals surface area contributed by atoms with Crippen molar-refractivity contribution in [2.24, 2.45) is 23.2 Å². The molecule has 0 spiro atoms. The minimum absolute atomic E-state index is 0.175. The standard InChI is InChI=1S/C40H48/c1-38(2,3)32-11-7-30(8-12-32)34-15-16-35(31-9-13-33(14-10-31)39(4,5)6)37-21-29(20-36(34)37)25-40-22-26-17-27(23-40)19-28(18-26)24-40/h7-16,20,26-28H,17-19,21-25H2,1-6H3. The maximum Gasteiger partial charge on any atom is -0.00512 e. The molecular weight excluding hydrogens is 480 g/mol. The Kier molecular flexibility index (Phi) is 6.05. The fraction of sp³-hybridized carbons (Fsp3) is 0.500. The van der Waals surface area contributed by atoms with Gasteiger partial charge in [-0.05, 0) is 130 Å². The Morgan fingerprint density at radius 2 is 1.05 bits per heavy atom. The third-order valence-electron chi connectivity index (χ3n) is 11.0. The van der Waals surface area contributed by atoms with Gasteiger partial charge >= 0.3 is 0 Å². The summed E-state index contributed by atoms with van der Waals surface area (Å²) >= 11 is 0. The molecule has 0 radical (unpaired) electrons. The molecule has 0 heteroatoms. The van der Waals surface area contributed by atoms with Gasteiger partial charge in [-0.15, -0.1) is 0 Å². The summed E-state index contributed by atoms with van der Waals surface area (Å²) in [5.74, 6) is 3.05. The Labute approximate surface area is 243 Å². The van der Waals surface area contributed by atoms with Crippen LogP contribution in [0.25, 0.3) is 28.3 Å². The summed E-state index contributed by atoms with van der Waals surface area (Å²) in [5, 5.41) is 0. The van der Waals surface area contributed by atoms with Gasteiger partial charge in [-0.3, -0.25) is 0 Å². The lowest BCUT2D eigenvalue weighted by molar-refractivity contribution is -0.0521. The van der Waals surface area contributed by atoms with Crippen LogP contribution in [0.1, 0.15) is 109 Å². The molecule has 0 aliphatic heterocycles. The molecule has 5 aliphatic carbocycles. The van der Waals surface area contributed by atoms with E-state index in [9.17, 15) is 0 Å². The first kappa shape index (κ1) is 26.3. The fourth-order valence-corrected chi connectivity index (χ4v) is 9.43. The Balaban J connectivity index is 1.27. The molecule has 0 nitrogen and oxygen atoms in total. The molecule has 0 aromatic heterocycles. The van der Waals surface area contributed by atoms with Gasteiger partial charge < -0.3 is 0 Å². The minimum atomic E-state index is 0.175. The highest BCUT2D eigenvalue weighted by Crippen LogP contribution is 2.62. The molecule has 4 fully saturated rings. The van der Waals surface area contributed by atoms with Crippen molar-refractivity contribution < 1.29 is 0 Å². The highest BCUT2D eigenvalue weighted by Gasteiger charge is 2.51. The zero-order chi connectivity index (χ0) is 27.9. The molecule has 208 valence electrons. The predicted octanol–water partition coefficient (Wildman–Crippen LogP) is 11.2. The number of hydrogen-bond donors (Lipinski definition) is 0. The Bertz CT molecular complexity index is 1410. The summed E-state index contributed by atoms with van der Waals surface area (Å²) in [6.07, 6.45) is 14.2. The zero-order valence-corrected chi connectivity index (χ0v) is 25.7. The lowest BCUT2D eigenvalue weighted by Gasteiger charge is -2.57. The van der Waals surface area contributed by atoms with E-state index >= 15 is 0 Å². The summed E-state index contributed by atoms with van der Waals surface area (Å²) < 4.78 is 0. The molecule has 4 bridgehead atoms. The van der Waals surface area contributed by atoms with Crippen molar-refractivity contribution in [1.29, 1.82) is 0 Å². The van der Waals surface area contributed by atoms with Gasteiger partial charge in [-0.25, -0.2) is 0 Å². The van der Waals surface area contributed by atoms with Crippen molar-refractivity contribution >= 4 is 6.08 Å². The number of benzene rings is 3. The highest BCUT2D eigenvalue weighted by atomic mass is 14.6. The van der Waals surface area contributed by atoms with E-state index in [0.29, 0.717) is 5.41 Å². The normalized spacial score (nSPS) is 27.1. The van der Waals surface area contributed by atoms with Crippen LogP contribution in [0, 0.1) is 23.2 Å². The van der Waals surface area contributed by atoms with Crippen LogP contribution >= 0.6 is 0 Å². The van der Waals surface area contributed by atoms with Gasteiger partial charge in [0.05, 0.1) is 0 Å². The van der Waals surface area contributed by atoms with Crippen LogP contribution < -0.4 is 0 Å². The van der Waals surface area contributed by atoms with E-state index < -0.39 is 0 Å². The molecule has 5 aliphatic rings. The van der Waals surface area contributed by atoms with Gasteiger partial charge in [0.25, 0.3) is 0 Å². The number of rotatable bonds is 4. The number of fused-ring (bicyclic) bond motifs is 1. The quantitative estimate of drug-likeness (QED) is 0.316. The van der Waals surface area contributed by atoms with Crippen molar-refractivity contribution in [3.63, 3.8) is 0 Å². The average Bonchev–Trinajstić information content (AvgIpc) is 3.29. The highest BCUT2D eigenvalue weighted by molar-refractivity contribution is 5.87. The molecule has 4 saturated carbocycles. The minimum Gasteiger partial charge on any atom is -0.0646 e. The molecule has 8 rings (SSSR count). The van der Waals surface area contributed by atoms with E-state index in [2.05, 4.69) is 108 Å². The van der Waals surface area contributed by atoms with Gasteiger partial charge in [-0.2, -0.15) is 0 Å².